The number of fused-ring (bicyclic) bond motifs is 1. The summed E-state index contributed by atoms with van der Waals surface area (Å²) in [5, 5.41) is 8.72. The van der Waals surface area contributed by atoms with Gasteiger partial charge in [-0.1, -0.05) is 22.6 Å². The number of hydrogen-bond acceptors (Lipinski definition) is 5. The van der Waals surface area contributed by atoms with Crippen LogP contribution in [0.1, 0.15) is 44.9 Å². The van der Waals surface area contributed by atoms with Gasteiger partial charge in [-0.3, -0.25) is 4.79 Å². The average molecular weight is 407 g/mol. The molecule has 0 N–H and O–H groups in total. The van der Waals surface area contributed by atoms with E-state index in [9.17, 15) is 4.79 Å². The maximum atomic E-state index is 11.3. The van der Waals surface area contributed by atoms with Crippen molar-refractivity contribution in [1.82, 2.24) is 0 Å². The maximum absolute atomic E-state index is 11.3. The Morgan fingerprint density at radius 1 is 1.43 bits per heavy atom. The van der Waals surface area contributed by atoms with Gasteiger partial charge >= 0.3 is 5.97 Å². The molecule has 2 heterocycles. The molecule has 0 bridgehead atoms. The fourth-order valence-corrected chi connectivity index (χ4v) is 4.24. The van der Waals surface area contributed by atoms with Crippen molar-refractivity contribution in [1.29, 1.82) is 5.26 Å². The first-order chi connectivity index (χ1) is 10.1. The van der Waals surface area contributed by atoms with E-state index in [1.807, 2.05) is 0 Å². The van der Waals surface area contributed by atoms with Crippen LogP contribution in [0.3, 0.4) is 0 Å². The fraction of sp³-hybridized carbons (Fsp3) is 0.867. The van der Waals surface area contributed by atoms with Gasteiger partial charge in [0.05, 0.1) is 31.5 Å². The van der Waals surface area contributed by atoms with Crippen LogP contribution in [0.4, 0.5) is 0 Å². The molecule has 2 rings (SSSR count). The van der Waals surface area contributed by atoms with Crippen molar-refractivity contribution < 1.29 is 19.0 Å². The van der Waals surface area contributed by atoms with E-state index in [-0.39, 0.29) is 29.9 Å². The predicted octanol–water partition coefficient (Wildman–Crippen LogP) is 2.75. The summed E-state index contributed by atoms with van der Waals surface area (Å²) < 4.78 is 18.0. The quantitative estimate of drug-likeness (QED) is 0.385. The van der Waals surface area contributed by atoms with Crippen molar-refractivity contribution >= 4 is 28.6 Å². The normalized spacial score (nSPS) is 35.0. The maximum Gasteiger partial charge on any atom is 0.305 e. The highest BCUT2D eigenvalue weighted by Crippen LogP contribution is 2.44. The SMILES string of the molecule is COC(=O)CCC1CC2(CI)O[C@@H](CCC#N)CCC2O1. The zero-order valence-electron chi connectivity index (χ0n) is 12.3. The van der Waals surface area contributed by atoms with Gasteiger partial charge in [0.15, 0.2) is 0 Å². The summed E-state index contributed by atoms with van der Waals surface area (Å²) in [7, 11) is 1.41. The van der Waals surface area contributed by atoms with Crippen LogP contribution in [-0.2, 0) is 19.0 Å². The topological polar surface area (TPSA) is 68.5 Å². The van der Waals surface area contributed by atoms with Crippen LogP contribution in [0.2, 0.25) is 0 Å². The molecule has 3 unspecified atom stereocenters. The lowest BCUT2D eigenvalue weighted by atomic mass is 9.87. The van der Waals surface area contributed by atoms with Crippen LogP contribution in [0.5, 0.6) is 0 Å². The summed E-state index contributed by atoms with van der Waals surface area (Å²) in [6.07, 6.45) is 5.54. The Balaban J connectivity index is 1.92. The van der Waals surface area contributed by atoms with E-state index in [0.717, 1.165) is 30.1 Å². The third-order valence-electron chi connectivity index (χ3n) is 4.37. The summed E-state index contributed by atoms with van der Waals surface area (Å²) in [6, 6.07) is 2.19. The first kappa shape index (κ1) is 17.0. The molecule has 4 atom stereocenters. The summed E-state index contributed by atoms with van der Waals surface area (Å²) in [5.41, 5.74) is -0.236. The Morgan fingerprint density at radius 2 is 2.24 bits per heavy atom. The van der Waals surface area contributed by atoms with E-state index in [1.54, 1.807) is 0 Å². The molecule has 2 aliphatic heterocycles. The van der Waals surface area contributed by atoms with E-state index < -0.39 is 0 Å². The van der Waals surface area contributed by atoms with Gasteiger partial charge in [0.1, 0.15) is 5.60 Å². The van der Waals surface area contributed by atoms with Crippen LogP contribution >= 0.6 is 22.6 Å². The minimum absolute atomic E-state index is 0.0681. The molecule has 0 spiro atoms. The van der Waals surface area contributed by atoms with Gasteiger partial charge < -0.3 is 14.2 Å². The van der Waals surface area contributed by atoms with Gasteiger partial charge in [-0.2, -0.15) is 5.26 Å². The lowest BCUT2D eigenvalue weighted by Crippen LogP contribution is -2.49. The lowest BCUT2D eigenvalue weighted by Gasteiger charge is -2.41. The minimum atomic E-state index is -0.236. The van der Waals surface area contributed by atoms with Gasteiger partial charge in [0.2, 0.25) is 0 Å². The molecular formula is C15H22INO4. The van der Waals surface area contributed by atoms with Crippen LogP contribution in [0.25, 0.3) is 0 Å². The van der Waals surface area contributed by atoms with Crippen molar-refractivity contribution in [3.63, 3.8) is 0 Å². The Morgan fingerprint density at radius 3 is 2.90 bits per heavy atom. The molecule has 0 aromatic rings. The Hall–Kier alpha value is -0.390. The number of halogens is 1. The predicted molar refractivity (Wildman–Crippen MR) is 85.1 cm³/mol. The van der Waals surface area contributed by atoms with Crippen LogP contribution < -0.4 is 0 Å². The van der Waals surface area contributed by atoms with Gasteiger partial charge in [-0.15, -0.1) is 0 Å². The first-order valence-electron chi connectivity index (χ1n) is 7.46. The number of nitrogens with zero attached hydrogens (tertiary/aromatic N) is 1. The number of alkyl halides is 1. The highest BCUT2D eigenvalue weighted by Gasteiger charge is 2.52. The van der Waals surface area contributed by atoms with E-state index >= 15 is 0 Å². The fourth-order valence-electron chi connectivity index (χ4n) is 3.26. The van der Waals surface area contributed by atoms with E-state index in [4.69, 9.17) is 14.7 Å². The number of rotatable bonds is 6. The van der Waals surface area contributed by atoms with Crippen LogP contribution in [-0.4, -0.2) is 41.4 Å². The molecule has 21 heavy (non-hydrogen) atoms. The van der Waals surface area contributed by atoms with Gasteiger partial charge in [0, 0.05) is 23.7 Å². The molecule has 0 radical (unpaired) electrons. The summed E-state index contributed by atoms with van der Waals surface area (Å²) in [6.45, 7) is 0. The third kappa shape index (κ3) is 4.08. The number of esters is 1. The number of ether oxygens (including phenoxy) is 3. The average Bonchev–Trinajstić information content (AvgIpc) is 2.88. The third-order valence-corrected chi connectivity index (χ3v) is 5.66. The molecule has 0 amide bonds. The van der Waals surface area contributed by atoms with Crippen molar-refractivity contribution in [2.24, 2.45) is 0 Å². The number of methoxy groups -OCH3 is 1. The Kier molecular flexibility index (Phi) is 6.26. The first-order valence-corrected chi connectivity index (χ1v) is 8.99. The van der Waals surface area contributed by atoms with E-state index in [0.29, 0.717) is 19.3 Å². The molecule has 0 aliphatic carbocycles. The van der Waals surface area contributed by atoms with Gasteiger partial charge in [0.25, 0.3) is 0 Å². The Bertz CT molecular complexity index is 411. The van der Waals surface area contributed by atoms with Crippen LogP contribution in [0.15, 0.2) is 0 Å². The second-order valence-corrected chi connectivity index (χ2v) is 6.54. The summed E-state index contributed by atoms with van der Waals surface area (Å²) in [5.74, 6) is -0.190. The molecule has 6 heteroatoms. The van der Waals surface area contributed by atoms with E-state index in [2.05, 4.69) is 33.4 Å². The van der Waals surface area contributed by atoms with Gasteiger partial charge in [-0.25, -0.2) is 0 Å². The largest absolute Gasteiger partial charge is 0.469 e. The summed E-state index contributed by atoms with van der Waals surface area (Å²) in [4.78, 5) is 11.3. The molecule has 2 aliphatic rings. The van der Waals surface area contributed by atoms with Crippen LogP contribution in [0, 0.1) is 11.3 Å². The molecular weight excluding hydrogens is 385 g/mol. The van der Waals surface area contributed by atoms with Crippen molar-refractivity contribution in [2.45, 2.75) is 68.9 Å². The second-order valence-electron chi connectivity index (χ2n) is 5.78. The van der Waals surface area contributed by atoms with Gasteiger partial charge in [-0.05, 0) is 25.7 Å². The molecule has 0 aromatic heterocycles. The molecule has 2 saturated heterocycles. The Labute approximate surface area is 139 Å². The van der Waals surface area contributed by atoms with Crippen molar-refractivity contribution in [3.8, 4) is 6.07 Å². The summed E-state index contributed by atoms with van der Waals surface area (Å²) >= 11 is 2.36. The van der Waals surface area contributed by atoms with E-state index in [1.165, 1.54) is 7.11 Å². The second kappa shape index (κ2) is 7.75. The lowest BCUT2D eigenvalue weighted by molar-refractivity contribution is -0.153. The standard InChI is InChI=1S/C15H22INO4/c1-19-14(18)7-5-12-9-15(10-16)13(20-12)6-4-11(21-15)3-2-8-17/h11-13H,2-7,9-10H2,1H3/t11-,12?,13?,15?/m0/s1. The molecule has 0 saturated carbocycles. The molecule has 5 nitrogen and oxygen atoms in total. The highest BCUT2D eigenvalue weighted by molar-refractivity contribution is 14.1. The zero-order valence-corrected chi connectivity index (χ0v) is 14.5. The molecule has 118 valence electrons. The number of carbonyl (C=O) groups excluding carboxylic acids is 1. The zero-order chi connectivity index (χ0) is 15.3. The monoisotopic (exact) mass is 407 g/mol. The van der Waals surface area contributed by atoms with Crippen molar-refractivity contribution in [2.75, 3.05) is 11.5 Å². The number of nitriles is 1. The molecule has 2 fully saturated rings. The minimum Gasteiger partial charge on any atom is -0.469 e. The molecule has 0 aromatic carbocycles. The highest BCUT2D eigenvalue weighted by atomic mass is 127. The number of carbonyl (C=O) groups is 1. The smallest absolute Gasteiger partial charge is 0.305 e. The van der Waals surface area contributed by atoms with Crippen molar-refractivity contribution in [3.05, 3.63) is 0 Å². The number of hydrogen-bond donors (Lipinski definition) is 0.